The van der Waals surface area contributed by atoms with Crippen LogP contribution in [0.5, 0.6) is 0 Å². The third-order valence-corrected chi connectivity index (χ3v) is 4.75. The fourth-order valence-electron chi connectivity index (χ4n) is 2.55. The first-order valence-corrected chi connectivity index (χ1v) is 7.70. The normalized spacial score (nSPS) is 11.3. The number of fused-ring (bicyclic) bond motifs is 1. The summed E-state index contributed by atoms with van der Waals surface area (Å²) in [4.78, 5) is 5.93. The maximum absolute atomic E-state index is 5.69. The second kappa shape index (κ2) is 5.38. The van der Waals surface area contributed by atoms with Gasteiger partial charge in [-0.05, 0) is 44.5 Å². The molecule has 3 rings (SSSR count). The smallest absolute Gasteiger partial charge is 0.113 e. The Morgan fingerprint density at radius 2 is 2.10 bits per heavy atom. The van der Waals surface area contributed by atoms with Gasteiger partial charge < -0.3 is 10.3 Å². The molecule has 0 fully saturated rings. The number of benzene rings is 1. The SMILES string of the molecule is Cc1nc(Cn2ccc3c(CCN)cccc32)sc1C. The molecule has 2 heterocycles. The van der Waals surface area contributed by atoms with Crippen LogP contribution in [0.3, 0.4) is 0 Å². The van der Waals surface area contributed by atoms with Crippen LogP contribution in [-0.2, 0) is 13.0 Å². The van der Waals surface area contributed by atoms with E-state index in [4.69, 9.17) is 5.73 Å². The molecule has 0 unspecified atom stereocenters. The number of aryl methyl sites for hydroxylation is 2. The monoisotopic (exact) mass is 285 g/mol. The molecular weight excluding hydrogens is 266 g/mol. The summed E-state index contributed by atoms with van der Waals surface area (Å²) in [7, 11) is 0. The average Bonchev–Trinajstić information content (AvgIpc) is 2.96. The summed E-state index contributed by atoms with van der Waals surface area (Å²) in [5.41, 5.74) is 9.42. The minimum absolute atomic E-state index is 0.690. The van der Waals surface area contributed by atoms with E-state index in [1.807, 2.05) is 0 Å². The maximum Gasteiger partial charge on any atom is 0.113 e. The van der Waals surface area contributed by atoms with E-state index < -0.39 is 0 Å². The van der Waals surface area contributed by atoms with Gasteiger partial charge in [0.05, 0.1) is 12.2 Å². The van der Waals surface area contributed by atoms with Gasteiger partial charge in [0.2, 0.25) is 0 Å². The first-order chi connectivity index (χ1) is 9.69. The molecule has 1 aromatic carbocycles. The van der Waals surface area contributed by atoms with Crippen molar-refractivity contribution < 1.29 is 0 Å². The predicted molar refractivity (Wildman–Crippen MR) is 85.4 cm³/mol. The number of nitrogens with zero attached hydrogens (tertiary/aromatic N) is 2. The highest BCUT2D eigenvalue weighted by atomic mass is 32.1. The van der Waals surface area contributed by atoms with Crippen LogP contribution in [-0.4, -0.2) is 16.1 Å². The van der Waals surface area contributed by atoms with Gasteiger partial charge in [-0.2, -0.15) is 0 Å². The van der Waals surface area contributed by atoms with E-state index in [-0.39, 0.29) is 0 Å². The van der Waals surface area contributed by atoms with Gasteiger partial charge in [0.1, 0.15) is 5.01 Å². The lowest BCUT2D eigenvalue weighted by atomic mass is 10.1. The Kier molecular flexibility index (Phi) is 3.59. The summed E-state index contributed by atoms with van der Waals surface area (Å²) in [6.45, 7) is 5.73. The van der Waals surface area contributed by atoms with Crippen LogP contribution in [0.4, 0.5) is 0 Å². The van der Waals surface area contributed by atoms with E-state index in [9.17, 15) is 0 Å². The number of rotatable bonds is 4. The van der Waals surface area contributed by atoms with E-state index >= 15 is 0 Å². The second-order valence-corrected chi connectivity index (χ2v) is 6.37. The molecule has 0 bridgehead atoms. The van der Waals surface area contributed by atoms with Gasteiger partial charge >= 0.3 is 0 Å². The summed E-state index contributed by atoms with van der Waals surface area (Å²) in [5.74, 6) is 0. The first kappa shape index (κ1) is 13.3. The Balaban J connectivity index is 1.98. The van der Waals surface area contributed by atoms with Crippen molar-refractivity contribution in [1.29, 1.82) is 0 Å². The van der Waals surface area contributed by atoms with Crippen LogP contribution in [0.2, 0.25) is 0 Å². The molecule has 3 aromatic rings. The molecule has 0 amide bonds. The number of hydrogen-bond acceptors (Lipinski definition) is 3. The minimum atomic E-state index is 0.690. The zero-order chi connectivity index (χ0) is 14.1. The van der Waals surface area contributed by atoms with Gasteiger partial charge in [0, 0.05) is 22.0 Å². The Morgan fingerprint density at radius 3 is 2.80 bits per heavy atom. The van der Waals surface area contributed by atoms with Crippen molar-refractivity contribution in [3.63, 3.8) is 0 Å². The van der Waals surface area contributed by atoms with Crippen LogP contribution < -0.4 is 5.73 Å². The lowest BCUT2D eigenvalue weighted by Gasteiger charge is -2.05. The molecule has 0 aliphatic heterocycles. The fraction of sp³-hybridized carbons (Fsp3) is 0.312. The minimum Gasteiger partial charge on any atom is -0.341 e. The van der Waals surface area contributed by atoms with Gasteiger partial charge in [0.25, 0.3) is 0 Å². The third kappa shape index (κ3) is 2.37. The molecule has 0 radical (unpaired) electrons. The molecule has 104 valence electrons. The highest BCUT2D eigenvalue weighted by molar-refractivity contribution is 7.11. The molecule has 0 saturated heterocycles. The first-order valence-electron chi connectivity index (χ1n) is 6.88. The van der Waals surface area contributed by atoms with Crippen LogP contribution in [0, 0.1) is 13.8 Å². The maximum atomic E-state index is 5.69. The van der Waals surface area contributed by atoms with Crippen molar-refractivity contribution in [3.8, 4) is 0 Å². The van der Waals surface area contributed by atoms with Crippen molar-refractivity contribution in [2.45, 2.75) is 26.8 Å². The molecule has 0 atom stereocenters. The van der Waals surface area contributed by atoms with Crippen molar-refractivity contribution >= 4 is 22.2 Å². The third-order valence-electron chi connectivity index (χ3n) is 3.70. The number of thiazole rings is 1. The summed E-state index contributed by atoms with van der Waals surface area (Å²) in [6.07, 6.45) is 3.08. The van der Waals surface area contributed by atoms with Crippen molar-refractivity contribution in [2.75, 3.05) is 6.54 Å². The summed E-state index contributed by atoms with van der Waals surface area (Å²) >= 11 is 1.78. The average molecular weight is 285 g/mol. The zero-order valence-corrected chi connectivity index (χ0v) is 12.7. The standard InChI is InChI=1S/C16H19N3S/c1-11-12(2)20-16(18-11)10-19-9-7-14-13(6-8-17)4-3-5-15(14)19/h3-5,7,9H,6,8,10,17H2,1-2H3. The highest BCUT2D eigenvalue weighted by Gasteiger charge is 2.08. The van der Waals surface area contributed by atoms with Gasteiger partial charge in [-0.3, -0.25) is 0 Å². The summed E-state index contributed by atoms with van der Waals surface area (Å²) in [6, 6.07) is 8.63. The highest BCUT2D eigenvalue weighted by Crippen LogP contribution is 2.23. The van der Waals surface area contributed by atoms with Crippen LogP contribution in [0.25, 0.3) is 10.9 Å². The predicted octanol–water partition coefficient (Wildman–Crippen LogP) is 3.26. The quantitative estimate of drug-likeness (QED) is 0.799. The molecule has 2 aromatic heterocycles. The molecule has 0 aliphatic carbocycles. The number of aromatic nitrogens is 2. The molecular formula is C16H19N3S. The molecule has 0 saturated carbocycles. The Labute approximate surface area is 123 Å². The molecule has 3 nitrogen and oxygen atoms in total. The van der Waals surface area contributed by atoms with Gasteiger partial charge in [-0.25, -0.2) is 4.98 Å². The lowest BCUT2D eigenvalue weighted by molar-refractivity contribution is 0.824. The van der Waals surface area contributed by atoms with E-state index in [1.165, 1.54) is 26.4 Å². The largest absolute Gasteiger partial charge is 0.341 e. The topological polar surface area (TPSA) is 43.8 Å². The van der Waals surface area contributed by atoms with Gasteiger partial charge in [-0.1, -0.05) is 12.1 Å². The molecule has 4 heteroatoms. The number of nitrogens with two attached hydrogens (primary N) is 1. The van der Waals surface area contributed by atoms with E-state index in [1.54, 1.807) is 11.3 Å². The molecule has 20 heavy (non-hydrogen) atoms. The lowest BCUT2D eigenvalue weighted by Crippen LogP contribution is -2.03. The molecule has 0 aliphatic rings. The van der Waals surface area contributed by atoms with Crippen LogP contribution in [0.1, 0.15) is 21.1 Å². The summed E-state index contributed by atoms with van der Waals surface area (Å²) < 4.78 is 2.27. The van der Waals surface area contributed by atoms with E-state index in [0.717, 1.165) is 18.7 Å². The van der Waals surface area contributed by atoms with Gasteiger partial charge in [-0.15, -0.1) is 11.3 Å². The van der Waals surface area contributed by atoms with Crippen LogP contribution in [0.15, 0.2) is 30.5 Å². The van der Waals surface area contributed by atoms with Crippen molar-refractivity contribution in [3.05, 3.63) is 51.6 Å². The fourth-order valence-corrected chi connectivity index (χ4v) is 3.48. The zero-order valence-electron chi connectivity index (χ0n) is 11.9. The second-order valence-electron chi connectivity index (χ2n) is 5.08. The Bertz CT molecular complexity index is 720. The molecule has 2 N–H and O–H groups in total. The molecule has 0 spiro atoms. The van der Waals surface area contributed by atoms with Crippen molar-refractivity contribution in [2.24, 2.45) is 5.73 Å². The number of hydrogen-bond donors (Lipinski definition) is 1. The van der Waals surface area contributed by atoms with E-state index in [0.29, 0.717) is 6.54 Å². The Hall–Kier alpha value is -1.65. The summed E-state index contributed by atoms with van der Waals surface area (Å²) in [5, 5.41) is 2.48. The van der Waals surface area contributed by atoms with E-state index in [2.05, 4.69) is 53.9 Å². The van der Waals surface area contributed by atoms with Crippen molar-refractivity contribution in [1.82, 2.24) is 9.55 Å². The Morgan fingerprint density at radius 1 is 1.25 bits per heavy atom. The van der Waals surface area contributed by atoms with Crippen LogP contribution >= 0.6 is 11.3 Å². The van der Waals surface area contributed by atoms with Gasteiger partial charge in [0.15, 0.2) is 0 Å².